The number of amides is 2. The highest BCUT2D eigenvalue weighted by atomic mass is 19.1. The lowest BCUT2D eigenvalue weighted by molar-refractivity contribution is -0.0860. The van der Waals surface area contributed by atoms with Crippen molar-refractivity contribution < 1.29 is 28.6 Å². The Labute approximate surface area is 182 Å². The van der Waals surface area contributed by atoms with E-state index in [0.29, 0.717) is 18.9 Å². The predicted molar refractivity (Wildman–Crippen MR) is 109 cm³/mol. The Balaban J connectivity index is 1.67. The summed E-state index contributed by atoms with van der Waals surface area (Å²) in [6.07, 6.45) is 1.32. The number of pyridine rings is 1. The zero-order valence-electron chi connectivity index (χ0n) is 17.6. The van der Waals surface area contributed by atoms with Crippen LogP contribution in [0.3, 0.4) is 0 Å². The van der Waals surface area contributed by atoms with Crippen molar-refractivity contribution in [3.63, 3.8) is 0 Å². The second-order valence-electron chi connectivity index (χ2n) is 8.67. The van der Waals surface area contributed by atoms with Gasteiger partial charge >= 0.3 is 0 Å². The summed E-state index contributed by atoms with van der Waals surface area (Å²) in [6, 6.07) is 2.67. The monoisotopic (exact) mass is 447 g/mol. The predicted octanol–water partition coefficient (Wildman–Crippen LogP) is 1.52. The summed E-state index contributed by atoms with van der Waals surface area (Å²) in [7, 11) is 0. The van der Waals surface area contributed by atoms with E-state index < -0.39 is 51.8 Å². The van der Waals surface area contributed by atoms with E-state index in [2.05, 4.69) is 5.32 Å². The molecule has 8 nitrogen and oxygen atoms in total. The van der Waals surface area contributed by atoms with Gasteiger partial charge in [-0.3, -0.25) is 14.4 Å². The molecule has 2 aromatic rings. The zero-order valence-corrected chi connectivity index (χ0v) is 17.6. The van der Waals surface area contributed by atoms with Gasteiger partial charge in [-0.05, 0) is 32.8 Å². The average Bonchev–Trinajstić information content (AvgIpc) is 2.68. The number of hydrogen-bond acceptors (Lipinski definition) is 5. The van der Waals surface area contributed by atoms with Crippen LogP contribution < -0.4 is 10.7 Å². The maximum Gasteiger partial charge on any atom is 0.275 e. The first-order chi connectivity index (χ1) is 15.0. The average molecular weight is 447 g/mol. The van der Waals surface area contributed by atoms with E-state index >= 15 is 0 Å². The van der Waals surface area contributed by atoms with Crippen LogP contribution in [0.5, 0.6) is 5.75 Å². The molecule has 1 spiro atoms. The van der Waals surface area contributed by atoms with Crippen molar-refractivity contribution in [2.75, 3.05) is 0 Å². The largest absolute Gasteiger partial charge is 0.503 e. The highest BCUT2D eigenvalue weighted by molar-refractivity contribution is 5.99. The number of benzene rings is 1. The number of halogens is 2. The number of aliphatic hydroxyl groups is 1. The summed E-state index contributed by atoms with van der Waals surface area (Å²) in [5, 5.41) is 22.8. The van der Waals surface area contributed by atoms with Crippen LogP contribution in [0.4, 0.5) is 8.78 Å². The molecule has 4 rings (SSSR count). The van der Waals surface area contributed by atoms with Crippen LogP contribution in [-0.2, 0) is 13.1 Å². The molecule has 3 N–H and O–H groups in total. The fraction of sp³-hybridized carbons (Fsp3) is 0.409. The molecule has 1 aromatic heterocycles. The van der Waals surface area contributed by atoms with E-state index in [1.807, 2.05) is 13.8 Å². The van der Waals surface area contributed by atoms with Crippen LogP contribution in [0.2, 0.25) is 0 Å². The number of aromatic hydroxyl groups is 1. The van der Waals surface area contributed by atoms with E-state index in [1.165, 1.54) is 16.8 Å². The van der Waals surface area contributed by atoms with Gasteiger partial charge in [-0.1, -0.05) is 6.07 Å². The molecule has 0 atom stereocenters. The maximum atomic E-state index is 13.8. The molecule has 0 unspecified atom stereocenters. The number of nitrogens with one attached hydrogen (secondary N) is 1. The van der Waals surface area contributed by atoms with Gasteiger partial charge in [0.1, 0.15) is 17.2 Å². The molecule has 10 heteroatoms. The summed E-state index contributed by atoms with van der Waals surface area (Å²) in [6.45, 7) is 3.52. The molecule has 1 aliphatic carbocycles. The summed E-state index contributed by atoms with van der Waals surface area (Å²) < 4.78 is 28.2. The topological polar surface area (TPSA) is 112 Å². The lowest BCUT2D eigenvalue weighted by Crippen LogP contribution is -2.68. The third kappa shape index (κ3) is 3.44. The summed E-state index contributed by atoms with van der Waals surface area (Å²) in [5.74, 6) is -3.86. The highest BCUT2D eigenvalue weighted by Gasteiger charge is 2.54. The molecule has 2 aliphatic rings. The first kappa shape index (κ1) is 21.9. The number of hydrogen-bond donors (Lipinski definition) is 3. The Morgan fingerprint density at radius 3 is 2.56 bits per heavy atom. The molecule has 32 heavy (non-hydrogen) atoms. The molecule has 0 saturated heterocycles. The summed E-state index contributed by atoms with van der Waals surface area (Å²) in [4.78, 5) is 40.0. The molecular weight excluding hydrogens is 424 g/mol. The van der Waals surface area contributed by atoms with Crippen molar-refractivity contribution in [3.05, 3.63) is 63.1 Å². The standard InChI is InChI=1S/C22H23F2N3O5/c1-11(2)27-21(32)17-19(30)18(29)15(9-26(17)10-22(27)6-14(28)7-22)20(31)25-8-12-3-4-13(23)5-16(12)24/h3-5,9,11,14,28,30H,6-8,10H2,1-2H3,(H,25,31)/t14-,22+. The van der Waals surface area contributed by atoms with Gasteiger partial charge in [0.25, 0.3) is 11.8 Å². The lowest BCUT2D eigenvalue weighted by atomic mass is 9.71. The molecule has 2 amide bonds. The van der Waals surface area contributed by atoms with Gasteiger partial charge in [-0.2, -0.15) is 0 Å². The fourth-order valence-corrected chi connectivity index (χ4v) is 4.74. The molecule has 1 aromatic carbocycles. The molecule has 0 bridgehead atoms. The van der Waals surface area contributed by atoms with Crippen molar-refractivity contribution in [2.45, 2.75) is 57.5 Å². The second-order valence-corrected chi connectivity index (χ2v) is 8.67. The molecule has 170 valence electrons. The van der Waals surface area contributed by atoms with Crippen molar-refractivity contribution in [2.24, 2.45) is 0 Å². The quantitative estimate of drug-likeness (QED) is 0.658. The minimum atomic E-state index is -1.02. The van der Waals surface area contributed by atoms with Gasteiger partial charge in [-0.25, -0.2) is 8.78 Å². The zero-order chi connectivity index (χ0) is 23.4. The van der Waals surface area contributed by atoms with Crippen molar-refractivity contribution >= 4 is 11.8 Å². The van der Waals surface area contributed by atoms with Crippen LogP contribution in [0.25, 0.3) is 0 Å². The number of rotatable bonds is 4. The minimum absolute atomic E-state index is 0.0206. The van der Waals surface area contributed by atoms with E-state index in [0.717, 1.165) is 6.07 Å². The van der Waals surface area contributed by atoms with Gasteiger partial charge in [0, 0.05) is 37.0 Å². The molecule has 2 heterocycles. The van der Waals surface area contributed by atoms with Gasteiger partial charge < -0.3 is 25.0 Å². The molecular formula is C22H23F2N3O5. The number of nitrogens with zero attached hydrogens (tertiary/aromatic N) is 2. The summed E-state index contributed by atoms with van der Waals surface area (Å²) in [5.41, 5.74) is -2.29. The second kappa shape index (κ2) is 7.70. The molecule has 0 radical (unpaired) electrons. The maximum absolute atomic E-state index is 13.8. The molecule has 1 aliphatic heterocycles. The van der Waals surface area contributed by atoms with Gasteiger partial charge in [0.2, 0.25) is 5.43 Å². The van der Waals surface area contributed by atoms with Crippen molar-refractivity contribution in [1.29, 1.82) is 0 Å². The minimum Gasteiger partial charge on any atom is -0.503 e. The SMILES string of the molecule is CC(C)N1C(=O)c2c(O)c(=O)c(C(=O)NCc3ccc(F)cc3F)cn2C[C@]12C[C@H](O)C2. The fourth-order valence-electron chi connectivity index (χ4n) is 4.74. The van der Waals surface area contributed by atoms with E-state index in [1.54, 1.807) is 4.90 Å². The first-order valence-corrected chi connectivity index (χ1v) is 10.2. The third-order valence-electron chi connectivity index (χ3n) is 6.10. The lowest BCUT2D eigenvalue weighted by Gasteiger charge is -2.57. The van der Waals surface area contributed by atoms with Crippen LogP contribution in [0.15, 0.2) is 29.2 Å². The Bertz CT molecular complexity index is 1170. The van der Waals surface area contributed by atoms with Crippen molar-refractivity contribution in [1.82, 2.24) is 14.8 Å². The van der Waals surface area contributed by atoms with Crippen LogP contribution in [0.1, 0.15) is 53.1 Å². The third-order valence-corrected chi connectivity index (χ3v) is 6.10. The number of fused-ring (bicyclic) bond motifs is 1. The smallest absolute Gasteiger partial charge is 0.275 e. The number of carbonyl (C=O) groups excluding carboxylic acids is 2. The Kier molecular flexibility index (Phi) is 5.28. The van der Waals surface area contributed by atoms with E-state index in [4.69, 9.17) is 0 Å². The Morgan fingerprint density at radius 2 is 1.97 bits per heavy atom. The molecule has 1 saturated carbocycles. The first-order valence-electron chi connectivity index (χ1n) is 10.2. The highest BCUT2D eigenvalue weighted by Crippen LogP contribution is 2.44. The van der Waals surface area contributed by atoms with E-state index in [9.17, 15) is 33.4 Å². The van der Waals surface area contributed by atoms with Crippen LogP contribution in [-0.4, -0.2) is 49.2 Å². The number of aromatic nitrogens is 1. The number of aliphatic hydroxyl groups excluding tert-OH is 1. The Hall–Kier alpha value is -3.27. The van der Waals surface area contributed by atoms with Gasteiger partial charge in [-0.15, -0.1) is 0 Å². The van der Waals surface area contributed by atoms with Gasteiger partial charge in [0.15, 0.2) is 11.4 Å². The van der Waals surface area contributed by atoms with Gasteiger partial charge in [0.05, 0.1) is 11.6 Å². The van der Waals surface area contributed by atoms with Crippen LogP contribution in [0, 0.1) is 11.6 Å². The van der Waals surface area contributed by atoms with Crippen LogP contribution >= 0.6 is 0 Å². The summed E-state index contributed by atoms with van der Waals surface area (Å²) >= 11 is 0. The van der Waals surface area contributed by atoms with E-state index in [-0.39, 0.29) is 30.4 Å². The van der Waals surface area contributed by atoms with Crippen molar-refractivity contribution in [3.8, 4) is 5.75 Å². The normalized spacial score (nSPS) is 22.1. The molecule has 1 fully saturated rings. The number of carbonyl (C=O) groups is 2. The Morgan fingerprint density at radius 1 is 1.28 bits per heavy atom.